The predicted molar refractivity (Wildman–Crippen MR) is 67.2 cm³/mol. The van der Waals surface area contributed by atoms with Gasteiger partial charge in [-0.1, -0.05) is 39.0 Å². The van der Waals surface area contributed by atoms with Crippen molar-refractivity contribution in [2.24, 2.45) is 5.92 Å². The van der Waals surface area contributed by atoms with Gasteiger partial charge in [0.05, 0.1) is 0 Å². The van der Waals surface area contributed by atoms with Gasteiger partial charge in [-0.05, 0) is 43.0 Å². The van der Waals surface area contributed by atoms with Crippen LogP contribution in [0, 0.1) is 19.8 Å². The number of hydrogen-bond acceptors (Lipinski definition) is 1. The average Bonchev–Trinajstić information content (AvgIpc) is 2.18. The van der Waals surface area contributed by atoms with Crippen LogP contribution in [-0.2, 0) is 0 Å². The fraction of sp³-hybridized carbons (Fsp3) is 0.571. The van der Waals surface area contributed by atoms with Gasteiger partial charge in [-0.3, -0.25) is 0 Å². The van der Waals surface area contributed by atoms with Crippen LogP contribution in [0.15, 0.2) is 18.2 Å². The second-order valence-electron chi connectivity index (χ2n) is 4.62. The molecule has 1 aromatic carbocycles. The van der Waals surface area contributed by atoms with Gasteiger partial charge in [-0.2, -0.15) is 0 Å². The fourth-order valence-electron chi connectivity index (χ4n) is 1.92. The molecule has 1 unspecified atom stereocenters. The zero-order valence-corrected chi connectivity index (χ0v) is 10.6. The van der Waals surface area contributed by atoms with Crippen molar-refractivity contribution in [1.29, 1.82) is 0 Å². The molecule has 1 N–H and O–H groups in total. The number of rotatable bonds is 4. The Bertz CT molecular complexity index is 315. The normalized spacial score (nSPS) is 13.2. The smallest absolute Gasteiger partial charge is 0.0343 e. The van der Waals surface area contributed by atoms with Gasteiger partial charge in [0.2, 0.25) is 0 Å². The van der Waals surface area contributed by atoms with Crippen LogP contribution < -0.4 is 5.32 Å². The lowest BCUT2D eigenvalue weighted by Crippen LogP contribution is -2.25. The standard InChI is InChI=1S/C14H23N/c1-6-15-14(10(2)3)13-8-7-11(4)12(5)9-13/h7-10,14-15H,6H2,1-5H3. The van der Waals surface area contributed by atoms with Gasteiger partial charge in [-0.25, -0.2) is 0 Å². The molecule has 0 radical (unpaired) electrons. The summed E-state index contributed by atoms with van der Waals surface area (Å²) in [6.45, 7) is 12.1. The lowest BCUT2D eigenvalue weighted by Gasteiger charge is -2.23. The maximum atomic E-state index is 3.55. The lowest BCUT2D eigenvalue weighted by molar-refractivity contribution is 0.421. The highest BCUT2D eigenvalue weighted by molar-refractivity contribution is 5.31. The van der Waals surface area contributed by atoms with Crippen molar-refractivity contribution in [3.63, 3.8) is 0 Å². The molecule has 1 aromatic rings. The summed E-state index contributed by atoms with van der Waals surface area (Å²) in [6, 6.07) is 7.25. The molecule has 0 bridgehead atoms. The maximum Gasteiger partial charge on any atom is 0.0343 e. The first kappa shape index (κ1) is 12.3. The Balaban J connectivity index is 2.95. The Hall–Kier alpha value is -0.820. The van der Waals surface area contributed by atoms with E-state index in [0.29, 0.717) is 12.0 Å². The minimum atomic E-state index is 0.481. The number of benzene rings is 1. The fourth-order valence-corrected chi connectivity index (χ4v) is 1.92. The molecule has 84 valence electrons. The van der Waals surface area contributed by atoms with Crippen LogP contribution in [0.4, 0.5) is 0 Å². The minimum Gasteiger partial charge on any atom is -0.310 e. The van der Waals surface area contributed by atoms with Crippen molar-refractivity contribution in [2.75, 3.05) is 6.54 Å². The van der Waals surface area contributed by atoms with Gasteiger partial charge in [0, 0.05) is 6.04 Å². The van der Waals surface area contributed by atoms with Crippen LogP contribution in [0.2, 0.25) is 0 Å². The molecule has 0 aliphatic carbocycles. The van der Waals surface area contributed by atoms with Crippen molar-refractivity contribution < 1.29 is 0 Å². The van der Waals surface area contributed by atoms with Crippen molar-refractivity contribution in [3.8, 4) is 0 Å². The van der Waals surface area contributed by atoms with E-state index in [0.717, 1.165) is 6.54 Å². The highest BCUT2D eigenvalue weighted by Gasteiger charge is 2.14. The molecule has 0 saturated carbocycles. The van der Waals surface area contributed by atoms with Gasteiger partial charge < -0.3 is 5.32 Å². The first-order chi connectivity index (χ1) is 7.06. The van der Waals surface area contributed by atoms with Crippen molar-refractivity contribution in [2.45, 2.75) is 40.7 Å². The summed E-state index contributed by atoms with van der Waals surface area (Å²) in [7, 11) is 0. The highest BCUT2D eigenvalue weighted by Crippen LogP contribution is 2.23. The van der Waals surface area contributed by atoms with E-state index < -0.39 is 0 Å². The van der Waals surface area contributed by atoms with E-state index in [1.54, 1.807) is 0 Å². The molecule has 15 heavy (non-hydrogen) atoms. The quantitative estimate of drug-likeness (QED) is 0.791. The summed E-state index contributed by atoms with van der Waals surface area (Å²) in [5.74, 6) is 0.632. The number of nitrogens with one attached hydrogen (secondary N) is 1. The Morgan fingerprint density at radius 3 is 2.27 bits per heavy atom. The van der Waals surface area contributed by atoms with Gasteiger partial charge >= 0.3 is 0 Å². The summed E-state index contributed by atoms with van der Waals surface area (Å²) < 4.78 is 0. The second kappa shape index (κ2) is 5.32. The molecule has 1 atom stereocenters. The summed E-state index contributed by atoms with van der Waals surface area (Å²) >= 11 is 0. The van der Waals surface area contributed by atoms with Crippen LogP contribution in [0.25, 0.3) is 0 Å². The first-order valence-electron chi connectivity index (χ1n) is 5.86. The topological polar surface area (TPSA) is 12.0 Å². The summed E-state index contributed by atoms with van der Waals surface area (Å²) in [5.41, 5.74) is 4.17. The van der Waals surface area contributed by atoms with Gasteiger partial charge in [-0.15, -0.1) is 0 Å². The third kappa shape index (κ3) is 3.07. The molecule has 0 saturated heterocycles. The largest absolute Gasteiger partial charge is 0.310 e. The minimum absolute atomic E-state index is 0.481. The van der Waals surface area contributed by atoms with Crippen LogP contribution in [0.1, 0.15) is 43.5 Å². The molecule has 0 aliphatic heterocycles. The molecule has 0 heterocycles. The number of hydrogen-bond donors (Lipinski definition) is 1. The molecule has 1 heteroatoms. The van der Waals surface area contributed by atoms with E-state index in [4.69, 9.17) is 0 Å². The molecule has 0 spiro atoms. The molecule has 0 aliphatic rings. The SMILES string of the molecule is CCNC(c1ccc(C)c(C)c1)C(C)C. The van der Waals surface area contributed by atoms with E-state index >= 15 is 0 Å². The van der Waals surface area contributed by atoms with Crippen LogP contribution in [-0.4, -0.2) is 6.54 Å². The van der Waals surface area contributed by atoms with Gasteiger partial charge in [0.1, 0.15) is 0 Å². The molecule has 0 fully saturated rings. The van der Waals surface area contributed by atoms with E-state index in [2.05, 4.69) is 58.1 Å². The van der Waals surface area contributed by atoms with Crippen molar-refractivity contribution >= 4 is 0 Å². The second-order valence-corrected chi connectivity index (χ2v) is 4.62. The van der Waals surface area contributed by atoms with Crippen LogP contribution in [0.5, 0.6) is 0 Å². The van der Waals surface area contributed by atoms with Crippen molar-refractivity contribution in [3.05, 3.63) is 34.9 Å². The molecule has 1 rings (SSSR count). The van der Waals surface area contributed by atoms with E-state index in [9.17, 15) is 0 Å². The predicted octanol–water partition coefficient (Wildman–Crippen LogP) is 3.61. The van der Waals surface area contributed by atoms with Gasteiger partial charge in [0.15, 0.2) is 0 Å². The highest BCUT2D eigenvalue weighted by atomic mass is 14.9. The zero-order chi connectivity index (χ0) is 11.4. The summed E-state index contributed by atoms with van der Waals surface area (Å²) in [6.07, 6.45) is 0. The van der Waals surface area contributed by atoms with E-state index in [1.807, 2.05) is 0 Å². The zero-order valence-electron chi connectivity index (χ0n) is 10.6. The maximum absolute atomic E-state index is 3.55. The Labute approximate surface area is 93.9 Å². The van der Waals surface area contributed by atoms with E-state index in [-0.39, 0.29) is 0 Å². The molecule has 1 nitrogen and oxygen atoms in total. The Kier molecular flexibility index (Phi) is 4.34. The number of aryl methyl sites for hydroxylation is 2. The summed E-state index contributed by atoms with van der Waals surface area (Å²) in [4.78, 5) is 0. The van der Waals surface area contributed by atoms with Crippen LogP contribution >= 0.6 is 0 Å². The average molecular weight is 205 g/mol. The van der Waals surface area contributed by atoms with Gasteiger partial charge in [0.25, 0.3) is 0 Å². The molecule has 0 aromatic heterocycles. The molecule has 0 amide bonds. The summed E-state index contributed by atoms with van der Waals surface area (Å²) in [5, 5.41) is 3.55. The first-order valence-corrected chi connectivity index (χ1v) is 5.86. The third-order valence-corrected chi connectivity index (χ3v) is 2.98. The third-order valence-electron chi connectivity index (χ3n) is 2.98. The molecular formula is C14H23N. The lowest BCUT2D eigenvalue weighted by atomic mass is 9.93. The monoisotopic (exact) mass is 205 g/mol. The van der Waals surface area contributed by atoms with Crippen molar-refractivity contribution in [1.82, 2.24) is 5.32 Å². The Morgan fingerprint density at radius 1 is 1.13 bits per heavy atom. The Morgan fingerprint density at radius 2 is 1.80 bits per heavy atom. The van der Waals surface area contributed by atoms with E-state index in [1.165, 1.54) is 16.7 Å². The molecular weight excluding hydrogens is 182 g/mol. The van der Waals surface area contributed by atoms with Crippen LogP contribution in [0.3, 0.4) is 0 Å².